The van der Waals surface area contributed by atoms with Crippen LogP contribution in [0.5, 0.6) is 0 Å². The van der Waals surface area contributed by atoms with E-state index in [0.717, 1.165) is 0 Å². The summed E-state index contributed by atoms with van der Waals surface area (Å²) in [4.78, 5) is 16.3. The SMILES string of the molecule is Cc1[nH]c(=O)nc(N)c1N. The largest absolute Gasteiger partial charge is 0.394 e. The number of anilines is 2. The third-order valence-electron chi connectivity index (χ3n) is 1.20. The Balaban J connectivity index is 3.46. The van der Waals surface area contributed by atoms with Gasteiger partial charge >= 0.3 is 5.69 Å². The Labute approximate surface area is 57.1 Å². The highest BCUT2D eigenvalue weighted by Crippen LogP contribution is 2.09. The number of nitrogen functional groups attached to an aromatic ring is 2. The first-order chi connectivity index (χ1) is 4.61. The number of hydrogen-bond acceptors (Lipinski definition) is 4. The minimum atomic E-state index is -0.468. The highest BCUT2D eigenvalue weighted by atomic mass is 16.1. The zero-order chi connectivity index (χ0) is 7.72. The molecule has 0 bridgehead atoms. The van der Waals surface area contributed by atoms with Crippen LogP contribution in [0.3, 0.4) is 0 Å². The van der Waals surface area contributed by atoms with E-state index in [-0.39, 0.29) is 5.82 Å². The Morgan fingerprint density at radius 2 is 2.10 bits per heavy atom. The first-order valence-electron chi connectivity index (χ1n) is 2.73. The van der Waals surface area contributed by atoms with Crippen LogP contribution in [0.15, 0.2) is 4.79 Å². The van der Waals surface area contributed by atoms with Gasteiger partial charge < -0.3 is 16.5 Å². The molecule has 10 heavy (non-hydrogen) atoms. The predicted octanol–water partition coefficient (Wildman–Crippen LogP) is -0.757. The second-order valence-electron chi connectivity index (χ2n) is 1.97. The molecule has 5 heteroatoms. The molecule has 0 aliphatic carbocycles. The van der Waals surface area contributed by atoms with Gasteiger partial charge in [0.15, 0.2) is 5.82 Å². The summed E-state index contributed by atoms with van der Waals surface area (Å²) >= 11 is 0. The van der Waals surface area contributed by atoms with Gasteiger partial charge in [-0.3, -0.25) is 0 Å². The van der Waals surface area contributed by atoms with Crippen LogP contribution in [0.25, 0.3) is 0 Å². The van der Waals surface area contributed by atoms with E-state index in [1.807, 2.05) is 0 Å². The highest BCUT2D eigenvalue weighted by Gasteiger charge is 1.99. The second kappa shape index (κ2) is 2.02. The summed E-state index contributed by atoms with van der Waals surface area (Å²) in [5.41, 5.74) is 11.1. The zero-order valence-corrected chi connectivity index (χ0v) is 5.51. The number of aromatic amines is 1. The first kappa shape index (κ1) is 6.60. The number of hydrogen-bond donors (Lipinski definition) is 3. The predicted molar refractivity (Wildman–Crippen MR) is 38.4 cm³/mol. The summed E-state index contributed by atoms with van der Waals surface area (Å²) in [5, 5.41) is 0. The fourth-order valence-corrected chi connectivity index (χ4v) is 0.617. The Hall–Kier alpha value is -1.52. The van der Waals surface area contributed by atoms with E-state index in [4.69, 9.17) is 11.5 Å². The van der Waals surface area contributed by atoms with Gasteiger partial charge in [-0.25, -0.2) is 4.79 Å². The molecule has 0 saturated heterocycles. The van der Waals surface area contributed by atoms with E-state index in [1.165, 1.54) is 0 Å². The average molecular weight is 140 g/mol. The Morgan fingerprint density at radius 3 is 2.60 bits per heavy atom. The maximum Gasteiger partial charge on any atom is 0.347 e. The molecule has 0 aliphatic heterocycles. The van der Waals surface area contributed by atoms with Crippen LogP contribution in [-0.2, 0) is 0 Å². The molecule has 5 nitrogen and oxygen atoms in total. The number of nitrogens with zero attached hydrogens (tertiary/aromatic N) is 1. The third kappa shape index (κ3) is 0.928. The lowest BCUT2D eigenvalue weighted by molar-refractivity contribution is 1.04. The maximum absolute atomic E-state index is 10.6. The number of rotatable bonds is 0. The average Bonchev–Trinajstić information content (AvgIpc) is 1.82. The Morgan fingerprint density at radius 1 is 1.50 bits per heavy atom. The molecule has 1 aromatic rings. The van der Waals surface area contributed by atoms with Gasteiger partial charge in [0.25, 0.3) is 0 Å². The molecule has 0 saturated carbocycles. The topological polar surface area (TPSA) is 97.8 Å². The van der Waals surface area contributed by atoms with Gasteiger partial charge in [0, 0.05) is 5.69 Å². The second-order valence-corrected chi connectivity index (χ2v) is 1.97. The van der Waals surface area contributed by atoms with Crippen LogP contribution >= 0.6 is 0 Å². The van der Waals surface area contributed by atoms with Crippen molar-refractivity contribution >= 4 is 11.5 Å². The molecule has 0 fully saturated rings. The molecule has 54 valence electrons. The summed E-state index contributed by atoms with van der Waals surface area (Å²) in [6.45, 7) is 1.66. The molecule has 0 amide bonds. The number of aromatic nitrogens is 2. The van der Waals surface area contributed by atoms with Gasteiger partial charge in [-0.2, -0.15) is 4.98 Å². The van der Waals surface area contributed by atoms with Gasteiger partial charge in [0.05, 0.1) is 5.69 Å². The molecule has 1 heterocycles. The number of aryl methyl sites for hydroxylation is 1. The van der Waals surface area contributed by atoms with Crippen molar-refractivity contribution in [3.05, 3.63) is 16.2 Å². The summed E-state index contributed by atoms with van der Waals surface area (Å²) in [7, 11) is 0. The van der Waals surface area contributed by atoms with Crippen LogP contribution < -0.4 is 17.2 Å². The highest BCUT2D eigenvalue weighted by molar-refractivity contribution is 5.59. The monoisotopic (exact) mass is 140 g/mol. The van der Waals surface area contributed by atoms with Crippen LogP contribution in [-0.4, -0.2) is 9.97 Å². The quantitative estimate of drug-likeness (QED) is 0.441. The van der Waals surface area contributed by atoms with Crippen molar-refractivity contribution < 1.29 is 0 Å². The van der Waals surface area contributed by atoms with Gasteiger partial charge in [-0.05, 0) is 6.92 Å². The van der Waals surface area contributed by atoms with Crippen molar-refractivity contribution in [2.75, 3.05) is 11.5 Å². The summed E-state index contributed by atoms with van der Waals surface area (Å²) in [6.07, 6.45) is 0. The lowest BCUT2D eigenvalue weighted by atomic mass is 10.4. The fourth-order valence-electron chi connectivity index (χ4n) is 0.617. The Kier molecular flexibility index (Phi) is 1.33. The molecule has 0 atom stereocenters. The smallest absolute Gasteiger partial charge is 0.347 e. The molecule has 0 radical (unpaired) electrons. The van der Waals surface area contributed by atoms with E-state index in [2.05, 4.69) is 9.97 Å². The lowest BCUT2D eigenvalue weighted by Crippen LogP contribution is -2.16. The van der Waals surface area contributed by atoms with Gasteiger partial charge in [-0.15, -0.1) is 0 Å². The standard InChI is InChI=1S/C5H8N4O/c1-2-3(6)4(7)9-5(10)8-2/h6H2,1H3,(H3,7,8,9,10). The van der Waals surface area contributed by atoms with Crippen molar-refractivity contribution in [3.63, 3.8) is 0 Å². The third-order valence-corrected chi connectivity index (χ3v) is 1.20. The van der Waals surface area contributed by atoms with E-state index in [1.54, 1.807) is 6.92 Å². The van der Waals surface area contributed by atoms with Crippen molar-refractivity contribution in [2.24, 2.45) is 0 Å². The van der Waals surface area contributed by atoms with Crippen molar-refractivity contribution in [3.8, 4) is 0 Å². The number of nitrogens with two attached hydrogens (primary N) is 2. The first-order valence-corrected chi connectivity index (χ1v) is 2.73. The van der Waals surface area contributed by atoms with E-state index < -0.39 is 5.69 Å². The maximum atomic E-state index is 10.6. The van der Waals surface area contributed by atoms with Gasteiger partial charge in [-0.1, -0.05) is 0 Å². The summed E-state index contributed by atoms with van der Waals surface area (Å²) < 4.78 is 0. The minimum Gasteiger partial charge on any atom is -0.394 e. The fraction of sp³-hybridized carbons (Fsp3) is 0.200. The molecular formula is C5H8N4O. The molecule has 0 unspecified atom stereocenters. The van der Waals surface area contributed by atoms with Gasteiger partial charge in [0.1, 0.15) is 0 Å². The van der Waals surface area contributed by atoms with E-state index in [9.17, 15) is 4.79 Å². The van der Waals surface area contributed by atoms with Gasteiger partial charge in [0.2, 0.25) is 0 Å². The van der Waals surface area contributed by atoms with Crippen molar-refractivity contribution in [1.82, 2.24) is 9.97 Å². The number of nitrogens with one attached hydrogen (secondary N) is 1. The molecule has 0 aliphatic rings. The van der Waals surface area contributed by atoms with Crippen LogP contribution in [0.4, 0.5) is 11.5 Å². The van der Waals surface area contributed by atoms with Crippen LogP contribution in [0, 0.1) is 6.92 Å². The molecular weight excluding hydrogens is 132 g/mol. The summed E-state index contributed by atoms with van der Waals surface area (Å²) in [5.74, 6) is 0.0845. The Bertz CT molecular complexity index is 277. The molecule has 5 N–H and O–H groups in total. The minimum absolute atomic E-state index is 0.0845. The van der Waals surface area contributed by atoms with Crippen molar-refractivity contribution in [1.29, 1.82) is 0 Å². The molecule has 0 aromatic carbocycles. The van der Waals surface area contributed by atoms with E-state index in [0.29, 0.717) is 11.4 Å². The summed E-state index contributed by atoms with van der Waals surface area (Å²) in [6, 6.07) is 0. The van der Waals surface area contributed by atoms with Crippen molar-refractivity contribution in [2.45, 2.75) is 6.92 Å². The van der Waals surface area contributed by atoms with Crippen LogP contribution in [0.1, 0.15) is 5.69 Å². The molecule has 1 aromatic heterocycles. The zero-order valence-electron chi connectivity index (χ0n) is 5.51. The number of H-pyrrole nitrogens is 1. The van der Waals surface area contributed by atoms with Crippen LogP contribution in [0.2, 0.25) is 0 Å². The van der Waals surface area contributed by atoms with E-state index >= 15 is 0 Å². The molecule has 1 rings (SSSR count). The molecule has 0 spiro atoms. The lowest BCUT2D eigenvalue weighted by Gasteiger charge is -1.99. The normalized spacial score (nSPS) is 9.70.